The molecule has 7 nitrogen and oxygen atoms in total. The minimum Gasteiger partial charge on any atom is -0.493 e. The van der Waals surface area contributed by atoms with Crippen LogP contribution in [-0.4, -0.2) is 55.5 Å². The third-order valence-electron chi connectivity index (χ3n) is 7.16. The van der Waals surface area contributed by atoms with Crippen molar-refractivity contribution in [1.82, 2.24) is 9.88 Å². The number of Topliss-reactive ketones (excluding diaryl/α,β-unsaturated/α-hetero) is 1. The van der Waals surface area contributed by atoms with Gasteiger partial charge in [-0.25, -0.2) is 0 Å². The second-order valence-electron chi connectivity index (χ2n) is 9.30. The van der Waals surface area contributed by atoms with Crippen molar-refractivity contribution in [2.45, 2.75) is 25.2 Å². The highest BCUT2D eigenvalue weighted by atomic mass is 16.5. The van der Waals surface area contributed by atoms with E-state index in [0.29, 0.717) is 48.2 Å². The first-order valence-corrected chi connectivity index (χ1v) is 12.3. The van der Waals surface area contributed by atoms with Crippen LogP contribution in [0.25, 0.3) is 0 Å². The van der Waals surface area contributed by atoms with E-state index in [1.54, 1.807) is 32.4 Å². The van der Waals surface area contributed by atoms with Gasteiger partial charge in [0.2, 0.25) is 0 Å². The summed E-state index contributed by atoms with van der Waals surface area (Å²) < 4.78 is 16.5. The van der Waals surface area contributed by atoms with Crippen molar-refractivity contribution >= 4 is 11.7 Å². The number of amides is 1. The van der Waals surface area contributed by atoms with Crippen molar-refractivity contribution in [2.24, 2.45) is 5.92 Å². The van der Waals surface area contributed by atoms with Crippen LogP contribution in [0.3, 0.4) is 0 Å². The highest BCUT2D eigenvalue weighted by molar-refractivity contribution is 5.95. The van der Waals surface area contributed by atoms with Gasteiger partial charge in [0.15, 0.2) is 17.3 Å². The van der Waals surface area contributed by atoms with Crippen molar-refractivity contribution in [2.75, 3.05) is 33.9 Å². The van der Waals surface area contributed by atoms with E-state index in [0.717, 1.165) is 29.7 Å². The van der Waals surface area contributed by atoms with Crippen molar-refractivity contribution in [3.8, 4) is 17.2 Å². The molecular weight excluding hydrogens is 456 g/mol. The van der Waals surface area contributed by atoms with Gasteiger partial charge in [0, 0.05) is 48.4 Å². The topological polar surface area (TPSA) is 78.0 Å². The van der Waals surface area contributed by atoms with Crippen molar-refractivity contribution in [3.05, 3.63) is 83.2 Å². The Labute approximate surface area is 211 Å². The molecule has 1 amide bonds. The first-order chi connectivity index (χ1) is 17.6. The molecule has 186 valence electrons. The van der Waals surface area contributed by atoms with Crippen LogP contribution in [0.15, 0.2) is 60.8 Å². The number of hydrogen-bond donors (Lipinski definition) is 0. The summed E-state index contributed by atoms with van der Waals surface area (Å²) in [6.07, 6.45) is 3.85. The summed E-state index contributed by atoms with van der Waals surface area (Å²) in [5, 5.41) is 0. The third kappa shape index (κ3) is 4.78. The number of likely N-dealkylation sites (tertiary alicyclic amines) is 1. The molecule has 1 atom stereocenters. The molecule has 0 spiro atoms. The van der Waals surface area contributed by atoms with E-state index in [1.165, 1.54) is 0 Å². The van der Waals surface area contributed by atoms with Crippen molar-refractivity contribution in [3.63, 3.8) is 0 Å². The second kappa shape index (κ2) is 10.4. The fourth-order valence-corrected chi connectivity index (χ4v) is 5.32. The van der Waals surface area contributed by atoms with Crippen molar-refractivity contribution < 1.29 is 23.8 Å². The van der Waals surface area contributed by atoms with E-state index < -0.39 is 0 Å². The number of piperidine rings is 1. The average molecular weight is 487 g/mol. The van der Waals surface area contributed by atoms with E-state index in [-0.39, 0.29) is 24.2 Å². The summed E-state index contributed by atoms with van der Waals surface area (Å²) in [4.78, 5) is 31.7. The van der Waals surface area contributed by atoms with E-state index in [2.05, 4.69) is 17.1 Å². The van der Waals surface area contributed by atoms with Crippen LogP contribution in [0.5, 0.6) is 17.2 Å². The summed E-state index contributed by atoms with van der Waals surface area (Å²) in [6, 6.07) is 17.5. The predicted octanol–water partition coefficient (Wildman–Crippen LogP) is 4.29. The number of nitrogens with zero attached hydrogens (tertiary/aromatic N) is 2. The number of benzene rings is 2. The highest BCUT2D eigenvalue weighted by Gasteiger charge is 2.32. The summed E-state index contributed by atoms with van der Waals surface area (Å²) in [6.45, 7) is 1.42. The molecule has 0 aliphatic carbocycles. The SMILES string of the molecule is COc1ccc([C@@H](c2ccccn2)C2CCN(C(=O)c3ccc4c(c3)CC(=O)CO4)CC2)cc1OC. The lowest BCUT2D eigenvalue weighted by atomic mass is 9.77. The lowest BCUT2D eigenvalue weighted by molar-refractivity contribution is -0.121. The van der Waals surface area contributed by atoms with E-state index in [9.17, 15) is 9.59 Å². The zero-order valence-corrected chi connectivity index (χ0v) is 20.6. The molecule has 3 aromatic rings. The molecule has 3 heterocycles. The van der Waals surface area contributed by atoms with E-state index in [1.807, 2.05) is 35.4 Å². The Balaban J connectivity index is 1.35. The standard InChI is InChI=1S/C29H30N2O5/c1-34-26-9-6-20(17-27(26)35-2)28(24-5-3-4-12-30-24)19-10-13-31(14-11-19)29(33)21-7-8-25-22(15-21)16-23(32)18-36-25/h3-9,12,15,17,19,28H,10-11,13-14,16,18H2,1-2H3/t28-/m0/s1. The fraction of sp³-hybridized carbons (Fsp3) is 0.345. The number of ether oxygens (including phenoxy) is 3. The molecule has 2 aromatic carbocycles. The molecule has 5 rings (SSSR count). The van der Waals surface area contributed by atoms with Gasteiger partial charge >= 0.3 is 0 Å². The second-order valence-corrected chi connectivity index (χ2v) is 9.30. The zero-order chi connectivity index (χ0) is 25.1. The Hall–Kier alpha value is -3.87. The molecule has 7 heteroatoms. The third-order valence-corrected chi connectivity index (χ3v) is 7.16. The van der Waals surface area contributed by atoms with Gasteiger partial charge in [-0.1, -0.05) is 12.1 Å². The first kappa shape index (κ1) is 23.9. The number of fused-ring (bicyclic) bond motifs is 1. The molecule has 0 saturated carbocycles. The number of aromatic nitrogens is 1. The number of hydrogen-bond acceptors (Lipinski definition) is 6. The normalized spacial score (nSPS) is 16.6. The first-order valence-electron chi connectivity index (χ1n) is 12.3. The minimum atomic E-state index is -0.00484. The molecule has 2 aliphatic heterocycles. The molecule has 2 aliphatic rings. The monoisotopic (exact) mass is 486 g/mol. The lowest BCUT2D eigenvalue weighted by Gasteiger charge is -2.36. The summed E-state index contributed by atoms with van der Waals surface area (Å²) in [7, 11) is 3.28. The van der Waals surface area contributed by atoms with Gasteiger partial charge in [-0.2, -0.15) is 0 Å². The van der Waals surface area contributed by atoms with Gasteiger partial charge in [-0.05, 0) is 66.8 Å². The summed E-state index contributed by atoms with van der Waals surface area (Å²) >= 11 is 0. The molecule has 1 aromatic heterocycles. The Morgan fingerprint density at radius 3 is 2.56 bits per heavy atom. The Kier molecular flexibility index (Phi) is 6.89. The lowest BCUT2D eigenvalue weighted by Crippen LogP contribution is -2.40. The number of pyridine rings is 1. The van der Waals surface area contributed by atoms with Crippen LogP contribution in [0.2, 0.25) is 0 Å². The number of methoxy groups -OCH3 is 2. The van der Waals surface area contributed by atoms with Crippen LogP contribution in [0.4, 0.5) is 0 Å². The van der Waals surface area contributed by atoms with Gasteiger partial charge < -0.3 is 19.1 Å². The summed E-state index contributed by atoms with van der Waals surface area (Å²) in [5.41, 5.74) is 3.52. The number of carbonyl (C=O) groups excluding carboxylic acids is 2. The maximum atomic E-state index is 13.3. The molecular formula is C29H30N2O5. The van der Waals surface area contributed by atoms with Gasteiger partial charge in [-0.3, -0.25) is 14.6 Å². The maximum absolute atomic E-state index is 13.3. The van der Waals surface area contributed by atoms with Gasteiger partial charge in [0.05, 0.1) is 14.2 Å². The molecule has 1 saturated heterocycles. The average Bonchev–Trinajstić information content (AvgIpc) is 2.93. The highest BCUT2D eigenvalue weighted by Crippen LogP contribution is 2.40. The Morgan fingerprint density at radius 1 is 1.03 bits per heavy atom. The fourth-order valence-electron chi connectivity index (χ4n) is 5.32. The minimum absolute atomic E-state index is 0.00484. The van der Waals surface area contributed by atoms with Crippen LogP contribution in [0, 0.1) is 5.92 Å². The van der Waals surface area contributed by atoms with E-state index >= 15 is 0 Å². The molecule has 0 radical (unpaired) electrons. The van der Waals surface area contributed by atoms with Crippen molar-refractivity contribution in [1.29, 1.82) is 0 Å². The molecule has 0 unspecified atom stereocenters. The van der Waals surface area contributed by atoms with Crippen LogP contribution in [-0.2, 0) is 11.2 Å². The predicted molar refractivity (Wildman–Crippen MR) is 135 cm³/mol. The zero-order valence-electron chi connectivity index (χ0n) is 20.6. The largest absolute Gasteiger partial charge is 0.493 e. The van der Waals surface area contributed by atoms with Crippen LogP contribution >= 0.6 is 0 Å². The maximum Gasteiger partial charge on any atom is 0.253 e. The molecule has 1 fully saturated rings. The molecule has 36 heavy (non-hydrogen) atoms. The Morgan fingerprint density at radius 2 is 1.83 bits per heavy atom. The number of ketones is 1. The number of rotatable bonds is 6. The number of carbonyl (C=O) groups is 2. The summed E-state index contributed by atoms with van der Waals surface area (Å²) in [5.74, 6) is 2.50. The Bertz CT molecular complexity index is 1250. The van der Waals surface area contributed by atoms with Crippen LogP contribution in [0.1, 0.15) is 45.9 Å². The van der Waals surface area contributed by atoms with Gasteiger partial charge in [0.25, 0.3) is 5.91 Å². The van der Waals surface area contributed by atoms with Crippen LogP contribution < -0.4 is 14.2 Å². The smallest absolute Gasteiger partial charge is 0.253 e. The molecule has 0 bridgehead atoms. The molecule has 0 N–H and O–H groups in total. The quantitative estimate of drug-likeness (QED) is 0.517. The van der Waals surface area contributed by atoms with Gasteiger partial charge in [0.1, 0.15) is 12.4 Å². The van der Waals surface area contributed by atoms with Gasteiger partial charge in [-0.15, -0.1) is 0 Å². The van der Waals surface area contributed by atoms with E-state index in [4.69, 9.17) is 14.2 Å².